The summed E-state index contributed by atoms with van der Waals surface area (Å²) in [5.41, 5.74) is 0.998. The number of ether oxygens (including phenoxy) is 1. The largest absolute Gasteiger partial charge is 0.495 e. The Hall–Kier alpha value is -1.67. The molecule has 2 heterocycles. The summed E-state index contributed by atoms with van der Waals surface area (Å²) < 4.78 is 28.7. The average Bonchev–Trinajstić information content (AvgIpc) is 3.26. The molecule has 28 heavy (non-hydrogen) atoms. The monoisotopic (exact) mass is 428 g/mol. The average molecular weight is 429 g/mol. The van der Waals surface area contributed by atoms with Crippen LogP contribution in [0.5, 0.6) is 5.75 Å². The number of aliphatic imine (C=N–C) groups is 1. The van der Waals surface area contributed by atoms with Gasteiger partial charge in [0.05, 0.1) is 24.3 Å². The standard InChI is InChI=1S/C19H29ClN4O3S/c1-3-21-19(22-11-14-7-9-28(25,26)13-14)23-16-6-8-24(12-16)17-10-15(20)4-5-18(17)27-2/h4-5,10,14,16H,3,6-9,11-13H2,1-2H3,(H2,21,22,23). The number of methoxy groups -OCH3 is 1. The molecule has 2 saturated heterocycles. The first-order valence-corrected chi connectivity index (χ1v) is 11.9. The normalized spacial score (nSPS) is 24.4. The maximum atomic E-state index is 11.6. The molecule has 9 heteroatoms. The molecule has 2 fully saturated rings. The highest BCUT2D eigenvalue weighted by Crippen LogP contribution is 2.33. The van der Waals surface area contributed by atoms with Crippen molar-refractivity contribution in [2.45, 2.75) is 25.8 Å². The molecular weight excluding hydrogens is 400 g/mol. The van der Waals surface area contributed by atoms with Crippen molar-refractivity contribution >= 4 is 33.1 Å². The highest BCUT2D eigenvalue weighted by molar-refractivity contribution is 7.91. The number of benzene rings is 1. The number of nitrogens with zero attached hydrogens (tertiary/aromatic N) is 2. The maximum absolute atomic E-state index is 11.6. The Kier molecular flexibility index (Phi) is 6.93. The van der Waals surface area contributed by atoms with Crippen LogP contribution in [0.3, 0.4) is 0 Å². The van der Waals surface area contributed by atoms with E-state index in [-0.39, 0.29) is 23.5 Å². The molecule has 2 atom stereocenters. The molecule has 1 aromatic rings. The van der Waals surface area contributed by atoms with Crippen LogP contribution in [0.2, 0.25) is 5.02 Å². The minimum Gasteiger partial charge on any atom is -0.495 e. The zero-order valence-corrected chi connectivity index (χ0v) is 18.0. The third-order valence-electron chi connectivity index (χ3n) is 5.19. The van der Waals surface area contributed by atoms with Crippen LogP contribution in [0, 0.1) is 5.92 Å². The molecule has 0 radical (unpaired) electrons. The second-order valence-corrected chi connectivity index (χ2v) is 10.0. The quantitative estimate of drug-likeness (QED) is 0.532. The summed E-state index contributed by atoms with van der Waals surface area (Å²) in [5, 5.41) is 7.44. The number of sulfone groups is 1. The van der Waals surface area contributed by atoms with Gasteiger partial charge in [-0.15, -0.1) is 0 Å². The van der Waals surface area contributed by atoms with Gasteiger partial charge >= 0.3 is 0 Å². The smallest absolute Gasteiger partial charge is 0.191 e. The summed E-state index contributed by atoms with van der Waals surface area (Å²) in [7, 11) is -1.20. The topological polar surface area (TPSA) is 83.0 Å². The van der Waals surface area contributed by atoms with Crippen molar-refractivity contribution in [1.29, 1.82) is 0 Å². The highest BCUT2D eigenvalue weighted by atomic mass is 35.5. The number of hydrogen-bond acceptors (Lipinski definition) is 5. The van der Waals surface area contributed by atoms with E-state index in [9.17, 15) is 8.42 Å². The lowest BCUT2D eigenvalue weighted by molar-refractivity contribution is 0.415. The van der Waals surface area contributed by atoms with E-state index in [1.54, 1.807) is 7.11 Å². The molecule has 0 amide bonds. The predicted octanol–water partition coefficient (Wildman–Crippen LogP) is 1.92. The lowest BCUT2D eigenvalue weighted by atomic mass is 10.1. The molecule has 2 N–H and O–H groups in total. The zero-order valence-electron chi connectivity index (χ0n) is 16.4. The fourth-order valence-corrected chi connectivity index (χ4v) is 5.77. The minimum absolute atomic E-state index is 0.122. The van der Waals surface area contributed by atoms with Crippen molar-refractivity contribution in [3.63, 3.8) is 0 Å². The summed E-state index contributed by atoms with van der Waals surface area (Å²) in [4.78, 5) is 6.90. The highest BCUT2D eigenvalue weighted by Gasteiger charge is 2.28. The van der Waals surface area contributed by atoms with Gasteiger partial charge in [-0.25, -0.2) is 8.42 Å². The van der Waals surface area contributed by atoms with Crippen molar-refractivity contribution in [2.24, 2.45) is 10.9 Å². The Morgan fingerprint density at radius 2 is 2.21 bits per heavy atom. The van der Waals surface area contributed by atoms with Crippen LogP contribution in [0.15, 0.2) is 23.2 Å². The van der Waals surface area contributed by atoms with Gasteiger partial charge in [-0.05, 0) is 43.9 Å². The van der Waals surface area contributed by atoms with E-state index < -0.39 is 9.84 Å². The van der Waals surface area contributed by atoms with E-state index in [1.165, 1.54) is 0 Å². The molecule has 2 aliphatic heterocycles. The number of hydrogen-bond donors (Lipinski definition) is 2. The van der Waals surface area contributed by atoms with Gasteiger partial charge in [-0.3, -0.25) is 4.99 Å². The van der Waals surface area contributed by atoms with Gasteiger partial charge in [0.15, 0.2) is 15.8 Å². The molecule has 7 nitrogen and oxygen atoms in total. The van der Waals surface area contributed by atoms with Crippen molar-refractivity contribution in [3.05, 3.63) is 23.2 Å². The summed E-state index contributed by atoms with van der Waals surface area (Å²) >= 11 is 6.17. The van der Waals surface area contributed by atoms with Crippen LogP contribution in [0.25, 0.3) is 0 Å². The van der Waals surface area contributed by atoms with Crippen molar-refractivity contribution in [2.75, 3.05) is 49.7 Å². The number of rotatable bonds is 6. The van der Waals surface area contributed by atoms with E-state index in [2.05, 4.69) is 20.5 Å². The molecule has 0 bridgehead atoms. The summed E-state index contributed by atoms with van der Waals surface area (Å²) in [6.07, 6.45) is 1.68. The zero-order chi connectivity index (χ0) is 20.1. The molecule has 1 aromatic carbocycles. The first-order valence-electron chi connectivity index (χ1n) is 9.74. The SMILES string of the molecule is CCNC(=NCC1CCS(=O)(=O)C1)NC1CCN(c2cc(Cl)ccc2OC)C1. The fraction of sp³-hybridized carbons (Fsp3) is 0.632. The molecule has 3 rings (SSSR count). The van der Waals surface area contributed by atoms with E-state index in [4.69, 9.17) is 16.3 Å². The molecule has 0 aromatic heterocycles. The molecule has 0 spiro atoms. The van der Waals surface area contributed by atoms with Gasteiger partial charge < -0.3 is 20.3 Å². The summed E-state index contributed by atoms with van der Waals surface area (Å²) in [6, 6.07) is 5.89. The van der Waals surface area contributed by atoms with E-state index >= 15 is 0 Å². The molecule has 2 aliphatic rings. The Bertz CT molecular complexity index is 815. The Morgan fingerprint density at radius 3 is 2.89 bits per heavy atom. The second kappa shape index (κ2) is 9.22. The van der Waals surface area contributed by atoms with Crippen LogP contribution in [-0.4, -0.2) is 65.2 Å². The third kappa shape index (κ3) is 5.44. The first-order chi connectivity index (χ1) is 13.4. The lowest BCUT2D eigenvalue weighted by Crippen LogP contribution is -2.45. The number of guanidine groups is 1. The number of halogens is 1. The lowest BCUT2D eigenvalue weighted by Gasteiger charge is -2.22. The first kappa shape index (κ1) is 21.0. The van der Waals surface area contributed by atoms with E-state index in [1.807, 2.05) is 25.1 Å². The molecule has 0 aliphatic carbocycles. The summed E-state index contributed by atoms with van der Waals surface area (Å²) in [6.45, 7) is 5.03. The van der Waals surface area contributed by atoms with Gasteiger partial charge in [-0.1, -0.05) is 11.6 Å². The van der Waals surface area contributed by atoms with Gasteiger partial charge in [0.2, 0.25) is 0 Å². The third-order valence-corrected chi connectivity index (χ3v) is 7.26. The molecule has 156 valence electrons. The summed E-state index contributed by atoms with van der Waals surface area (Å²) in [5.74, 6) is 2.22. The van der Waals surface area contributed by atoms with Crippen molar-refractivity contribution in [1.82, 2.24) is 10.6 Å². The molecule has 2 unspecified atom stereocenters. The fourth-order valence-electron chi connectivity index (χ4n) is 3.76. The van der Waals surface area contributed by atoms with Crippen molar-refractivity contribution < 1.29 is 13.2 Å². The van der Waals surface area contributed by atoms with Gasteiger partial charge in [0.1, 0.15) is 5.75 Å². The van der Waals surface area contributed by atoms with Crippen LogP contribution in [0.1, 0.15) is 19.8 Å². The van der Waals surface area contributed by atoms with Crippen LogP contribution < -0.4 is 20.3 Å². The van der Waals surface area contributed by atoms with Gasteiger partial charge in [0, 0.05) is 37.2 Å². The Morgan fingerprint density at radius 1 is 1.39 bits per heavy atom. The number of anilines is 1. The van der Waals surface area contributed by atoms with Crippen molar-refractivity contribution in [3.8, 4) is 5.75 Å². The second-order valence-electron chi connectivity index (χ2n) is 7.38. The van der Waals surface area contributed by atoms with Gasteiger partial charge in [0.25, 0.3) is 0 Å². The van der Waals surface area contributed by atoms with E-state index in [0.717, 1.165) is 43.5 Å². The maximum Gasteiger partial charge on any atom is 0.191 e. The van der Waals surface area contributed by atoms with Crippen LogP contribution >= 0.6 is 11.6 Å². The predicted molar refractivity (Wildman–Crippen MR) is 114 cm³/mol. The minimum atomic E-state index is -2.87. The van der Waals surface area contributed by atoms with Crippen LogP contribution in [0.4, 0.5) is 5.69 Å². The van der Waals surface area contributed by atoms with Gasteiger partial charge in [-0.2, -0.15) is 0 Å². The molecular formula is C19H29ClN4O3S. The molecule has 0 saturated carbocycles. The van der Waals surface area contributed by atoms with E-state index in [0.29, 0.717) is 18.0 Å². The van der Waals surface area contributed by atoms with Crippen LogP contribution in [-0.2, 0) is 9.84 Å². The Balaban J connectivity index is 1.60. The Labute approximate surface area is 172 Å². The number of nitrogens with one attached hydrogen (secondary N) is 2.